The summed E-state index contributed by atoms with van der Waals surface area (Å²) in [5, 5.41) is 0. The molecule has 1 aromatic heterocycles. The van der Waals surface area contributed by atoms with E-state index in [1.54, 1.807) is 12.4 Å². The zero-order valence-electron chi connectivity index (χ0n) is 13.7. The number of hydrogen-bond acceptors (Lipinski definition) is 3. The molecule has 1 heterocycles. The molecule has 0 radical (unpaired) electrons. The summed E-state index contributed by atoms with van der Waals surface area (Å²) in [6.07, 6.45) is 5.13. The second-order valence-electron chi connectivity index (χ2n) is 6.53. The van der Waals surface area contributed by atoms with E-state index in [0.717, 1.165) is 22.6 Å². The molecule has 0 saturated heterocycles. The Bertz CT molecular complexity index is 757. The van der Waals surface area contributed by atoms with E-state index < -0.39 is 0 Å². The van der Waals surface area contributed by atoms with Gasteiger partial charge in [0.1, 0.15) is 17.8 Å². The van der Waals surface area contributed by atoms with Crippen molar-refractivity contribution in [3.05, 3.63) is 72.8 Å². The lowest BCUT2D eigenvalue weighted by molar-refractivity contribution is 0.481. The van der Waals surface area contributed by atoms with Gasteiger partial charge in [-0.1, -0.05) is 45.0 Å². The highest BCUT2D eigenvalue weighted by atomic mass is 16.5. The van der Waals surface area contributed by atoms with Gasteiger partial charge in [0.25, 0.3) is 0 Å². The number of ether oxygens (including phenoxy) is 1. The molecule has 2 aromatic carbocycles. The summed E-state index contributed by atoms with van der Waals surface area (Å²) in [5.41, 5.74) is 3.51. The molecular weight excluding hydrogens is 284 g/mol. The topological polar surface area (TPSA) is 35.0 Å². The maximum Gasteiger partial charge on any atom is 0.127 e. The zero-order valence-corrected chi connectivity index (χ0v) is 13.7. The third-order valence-corrected chi connectivity index (χ3v) is 3.70. The summed E-state index contributed by atoms with van der Waals surface area (Å²) >= 11 is 0. The summed E-state index contributed by atoms with van der Waals surface area (Å²) in [6, 6.07) is 16.2. The molecule has 3 aromatic rings. The van der Waals surface area contributed by atoms with E-state index in [0.29, 0.717) is 0 Å². The number of hydrogen-bond donors (Lipinski definition) is 0. The van der Waals surface area contributed by atoms with Crippen molar-refractivity contribution in [2.75, 3.05) is 0 Å². The van der Waals surface area contributed by atoms with Gasteiger partial charge in [-0.05, 0) is 40.8 Å². The first-order valence-corrected chi connectivity index (χ1v) is 7.66. The van der Waals surface area contributed by atoms with E-state index in [1.807, 2.05) is 36.4 Å². The number of aromatic nitrogens is 2. The highest BCUT2D eigenvalue weighted by molar-refractivity contribution is 5.62. The maximum absolute atomic E-state index is 5.91. The van der Waals surface area contributed by atoms with Crippen LogP contribution in [0.5, 0.6) is 11.5 Å². The van der Waals surface area contributed by atoms with Crippen LogP contribution in [0, 0.1) is 0 Å². The molecule has 0 spiro atoms. The molecular formula is C20H20N2O. The standard InChI is InChI=1S/C20H20N2O/c1-20(2,3)17-6-10-19(11-7-17)23-18-8-4-15(5-9-18)16-12-21-14-22-13-16/h4-14H,1-3H3. The quantitative estimate of drug-likeness (QED) is 0.664. The van der Waals surface area contributed by atoms with Crippen molar-refractivity contribution in [1.82, 2.24) is 9.97 Å². The number of rotatable bonds is 3. The van der Waals surface area contributed by atoms with Crippen LogP contribution in [-0.4, -0.2) is 9.97 Å². The van der Waals surface area contributed by atoms with Gasteiger partial charge < -0.3 is 4.74 Å². The van der Waals surface area contributed by atoms with Crippen molar-refractivity contribution in [3.63, 3.8) is 0 Å². The van der Waals surface area contributed by atoms with Crippen LogP contribution in [0.3, 0.4) is 0 Å². The lowest BCUT2D eigenvalue weighted by Crippen LogP contribution is -2.10. The Balaban J connectivity index is 1.74. The van der Waals surface area contributed by atoms with Crippen LogP contribution >= 0.6 is 0 Å². The number of nitrogens with zero attached hydrogens (tertiary/aromatic N) is 2. The van der Waals surface area contributed by atoms with E-state index in [4.69, 9.17) is 4.74 Å². The molecule has 3 nitrogen and oxygen atoms in total. The summed E-state index contributed by atoms with van der Waals surface area (Å²) in [4.78, 5) is 8.07. The minimum atomic E-state index is 0.151. The Morgan fingerprint density at radius 1 is 0.696 bits per heavy atom. The first kappa shape index (κ1) is 15.2. The molecule has 23 heavy (non-hydrogen) atoms. The van der Waals surface area contributed by atoms with Crippen molar-refractivity contribution in [2.24, 2.45) is 0 Å². The second-order valence-corrected chi connectivity index (χ2v) is 6.53. The largest absolute Gasteiger partial charge is 0.457 e. The van der Waals surface area contributed by atoms with Gasteiger partial charge in [-0.2, -0.15) is 0 Å². The van der Waals surface area contributed by atoms with Crippen molar-refractivity contribution < 1.29 is 4.74 Å². The van der Waals surface area contributed by atoms with E-state index in [2.05, 4.69) is 42.9 Å². The molecule has 0 amide bonds. The average molecular weight is 304 g/mol. The van der Waals surface area contributed by atoms with Crippen LogP contribution < -0.4 is 4.74 Å². The van der Waals surface area contributed by atoms with Crippen molar-refractivity contribution >= 4 is 0 Å². The van der Waals surface area contributed by atoms with Crippen LogP contribution in [0.15, 0.2) is 67.3 Å². The minimum Gasteiger partial charge on any atom is -0.457 e. The third-order valence-electron chi connectivity index (χ3n) is 3.70. The predicted molar refractivity (Wildman–Crippen MR) is 92.7 cm³/mol. The molecule has 0 N–H and O–H groups in total. The fourth-order valence-corrected chi connectivity index (χ4v) is 2.32. The Hall–Kier alpha value is -2.68. The molecule has 0 aliphatic rings. The molecule has 0 bridgehead atoms. The lowest BCUT2D eigenvalue weighted by atomic mass is 9.87. The van der Waals surface area contributed by atoms with Crippen LogP contribution in [0.25, 0.3) is 11.1 Å². The van der Waals surface area contributed by atoms with Crippen LogP contribution in [-0.2, 0) is 5.41 Å². The van der Waals surface area contributed by atoms with Gasteiger partial charge in [-0.25, -0.2) is 9.97 Å². The molecule has 0 aliphatic heterocycles. The van der Waals surface area contributed by atoms with E-state index in [1.165, 1.54) is 11.9 Å². The molecule has 0 fully saturated rings. The third kappa shape index (κ3) is 3.75. The highest BCUT2D eigenvalue weighted by Gasteiger charge is 2.13. The van der Waals surface area contributed by atoms with Gasteiger partial charge >= 0.3 is 0 Å². The van der Waals surface area contributed by atoms with E-state index in [-0.39, 0.29) is 5.41 Å². The van der Waals surface area contributed by atoms with Crippen LogP contribution in [0.1, 0.15) is 26.3 Å². The SMILES string of the molecule is CC(C)(C)c1ccc(Oc2ccc(-c3cncnc3)cc2)cc1. The van der Waals surface area contributed by atoms with Gasteiger partial charge in [0.2, 0.25) is 0 Å². The van der Waals surface area contributed by atoms with Crippen molar-refractivity contribution in [2.45, 2.75) is 26.2 Å². The summed E-state index contributed by atoms with van der Waals surface area (Å²) in [5.74, 6) is 1.66. The van der Waals surface area contributed by atoms with Crippen LogP contribution in [0.4, 0.5) is 0 Å². The first-order chi connectivity index (χ1) is 11.0. The predicted octanol–water partition coefficient (Wildman–Crippen LogP) is 5.23. The first-order valence-electron chi connectivity index (χ1n) is 7.66. The van der Waals surface area contributed by atoms with Gasteiger partial charge in [0.05, 0.1) is 0 Å². The smallest absolute Gasteiger partial charge is 0.127 e. The van der Waals surface area contributed by atoms with Crippen molar-refractivity contribution in [1.29, 1.82) is 0 Å². The molecule has 0 aliphatic carbocycles. The highest BCUT2D eigenvalue weighted by Crippen LogP contribution is 2.28. The lowest BCUT2D eigenvalue weighted by Gasteiger charge is -2.19. The van der Waals surface area contributed by atoms with Crippen LogP contribution in [0.2, 0.25) is 0 Å². The second kappa shape index (κ2) is 6.21. The summed E-state index contributed by atoms with van der Waals surface area (Å²) < 4.78 is 5.91. The van der Waals surface area contributed by atoms with Gasteiger partial charge in [0.15, 0.2) is 0 Å². The molecule has 3 rings (SSSR count). The monoisotopic (exact) mass is 304 g/mol. The van der Waals surface area contributed by atoms with E-state index in [9.17, 15) is 0 Å². The summed E-state index contributed by atoms with van der Waals surface area (Å²) in [6.45, 7) is 6.61. The minimum absolute atomic E-state index is 0.151. The molecule has 116 valence electrons. The zero-order chi connectivity index (χ0) is 16.3. The maximum atomic E-state index is 5.91. The Morgan fingerprint density at radius 3 is 1.74 bits per heavy atom. The summed E-state index contributed by atoms with van der Waals surface area (Å²) in [7, 11) is 0. The van der Waals surface area contributed by atoms with Crippen molar-refractivity contribution in [3.8, 4) is 22.6 Å². The average Bonchev–Trinajstić information content (AvgIpc) is 2.56. The molecule has 0 atom stereocenters. The molecule has 3 heteroatoms. The Labute approximate surface area is 137 Å². The molecule has 0 unspecified atom stereocenters. The Morgan fingerprint density at radius 2 is 1.22 bits per heavy atom. The fraction of sp³-hybridized carbons (Fsp3) is 0.200. The fourth-order valence-electron chi connectivity index (χ4n) is 2.32. The molecule has 0 saturated carbocycles. The Kier molecular flexibility index (Phi) is 4.11. The van der Waals surface area contributed by atoms with Gasteiger partial charge in [0, 0.05) is 18.0 Å². The number of benzene rings is 2. The van der Waals surface area contributed by atoms with E-state index >= 15 is 0 Å². The van der Waals surface area contributed by atoms with Gasteiger partial charge in [-0.15, -0.1) is 0 Å². The normalized spacial score (nSPS) is 11.3. The van der Waals surface area contributed by atoms with Gasteiger partial charge in [-0.3, -0.25) is 0 Å².